The molecular formula is C6H7BrN2. The lowest BCUT2D eigenvalue weighted by molar-refractivity contribution is 1.05. The lowest BCUT2D eigenvalue weighted by atomic mass is 10.4. The van der Waals surface area contributed by atoms with Crippen LogP contribution < -0.4 is 0 Å². The van der Waals surface area contributed by atoms with Crippen molar-refractivity contribution >= 4 is 15.9 Å². The summed E-state index contributed by atoms with van der Waals surface area (Å²) >= 11 is 3.23. The summed E-state index contributed by atoms with van der Waals surface area (Å²) in [6, 6.07) is 0. The zero-order valence-corrected chi connectivity index (χ0v) is 6.48. The molecule has 0 aliphatic heterocycles. The summed E-state index contributed by atoms with van der Waals surface area (Å²) in [5.74, 6) is 0.942. The van der Waals surface area contributed by atoms with Gasteiger partial charge >= 0.3 is 0 Å². The number of rotatable bonds is 2. The Balaban J connectivity index is 2.72. The van der Waals surface area contributed by atoms with Crippen molar-refractivity contribution in [3.8, 4) is 0 Å². The Kier molecular flexibility index (Phi) is 2.05. The third-order valence-corrected chi connectivity index (χ3v) is 1.34. The van der Waals surface area contributed by atoms with Crippen molar-refractivity contribution in [1.29, 1.82) is 0 Å². The van der Waals surface area contributed by atoms with E-state index in [1.165, 1.54) is 0 Å². The van der Waals surface area contributed by atoms with Crippen LogP contribution in [0.5, 0.6) is 0 Å². The third kappa shape index (κ3) is 1.68. The van der Waals surface area contributed by atoms with Crippen LogP contribution in [0, 0.1) is 0 Å². The largest absolute Gasteiger partial charge is 0.347 e. The standard InChI is InChI=1S/C6H7BrN2/c1-2-3-6-8-4-5(7)9-6/h2,4H,1,3H2,(H,8,9). The highest BCUT2D eigenvalue weighted by Gasteiger charge is 1.92. The van der Waals surface area contributed by atoms with Gasteiger partial charge in [0.2, 0.25) is 0 Å². The molecule has 0 fully saturated rings. The van der Waals surface area contributed by atoms with Gasteiger partial charge in [0.15, 0.2) is 0 Å². The molecule has 0 spiro atoms. The van der Waals surface area contributed by atoms with Crippen LogP contribution in [-0.2, 0) is 6.42 Å². The molecule has 0 atom stereocenters. The van der Waals surface area contributed by atoms with Crippen molar-refractivity contribution in [2.45, 2.75) is 6.42 Å². The molecule has 0 saturated heterocycles. The molecule has 48 valence electrons. The highest BCUT2D eigenvalue weighted by atomic mass is 79.9. The molecule has 0 aromatic carbocycles. The maximum Gasteiger partial charge on any atom is 0.124 e. The predicted octanol–water partition coefficient (Wildman–Crippen LogP) is 1.90. The van der Waals surface area contributed by atoms with Gasteiger partial charge in [-0.2, -0.15) is 0 Å². The molecule has 0 radical (unpaired) electrons. The second-order valence-electron chi connectivity index (χ2n) is 1.66. The maximum atomic E-state index is 4.09. The Bertz CT molecular complexity index is 205. The molecule has 0 aliphatic rings. The lowest BCUT2D eigenvalue weighted by Crippen LogP contribution is -1.81. The maximum absolute atomic E-state index is 4.09. The number of nitrogens with one attached hydrogen (secondary N) is 1. The van der Waals surface area contributed by atoms with E-state index in [1.54, 1.807) is 6.20 Å². The van der Waals surface area contributed by atoms with Crippen LogP contribution in [0.3, 0.4) is 0 Å². The third-order valence-electron chi connectivity index (χ3n) is 0.937. The summed E-state index contributed by atoms with van der Waals surface area (Å²) in [4.78, 5) is 7.07. The van der Waals surface area contributed by atoms with Gasteiger partial charge in [0.25, 0.3) is 0 Å². The predicted molar refractivity (Wildman–Crippen MR) is 40.2 cm³/mol. The van der Waals surface area contributed by atoms with E-state index >= 15 is 0 Å². The number of hydrogen-bond acceptors (Lipinski definition) is 1. The first-order chi connectivity index (χ1) is 4.33. The highest BCUT2D eigenvalue weighted by Crippen LogP contribution is 2.04. The van der Waals surface area contributed by atoms with Crippen molar-refractivity contribution in [2.24, 2.45) is 0 Å². The smallest absolute Gasteiger partial charge is 0.124 e. The number of H-pyrrole nitrogens is 1. The van der Waals surface area contributed by atoms with Crippen LogP contribution in [-0.4, -0.2) is 9.97 Å². The zero-order valence-electron chi connectivity index (χ0n) is 4.89. The van der Waals surface area contributed by atoms with Crippen LogP contribution in [0.15, 0.2) is 23.5 Å². The molecule has 0 bridgehead atoms. The summed E-state index contributed by atoms with van der Waals surface area (Å²) in [5, 5.41) is 0. The minimum atomic E-state index is 0.797. The van der Waals surface area contributed by atoms with Crippen LogP contribution in [0.2, 0.25) is 0 Å². The molecule has 0 saturated carbocycles. The molecule has 1 rings (SSSR count). The Morgan fingerprint density at radius 1 is 1.89 bits per heavy atom. The summed E-state index contributed by atoms with van der Waals surface area (Å²) in [6.07, 6.45) is 4.41. The average molecular weight is 187 g/mol. The number of aromatic amines is 1. The van der Waals surface area contributed by atoms with Gasteiger partial charge in [-0.1, -0.05) is 6.08 Å². The van der Waals surface area contributed by atoms with Crippen molar-refractivity contribution < 1.29 is 0 Å². The van der Waals surface area contributed by atoms with Crippen molar-refractivity contribution in [1.82, 2.24) is 9.97 Å². The molecule has 1 aromatic rings. The van der Waals surface area contributed by atoms with E-state index in [9.17, 15) is 0 Å². The number of halogens is 1. The Hall–Kier alpha value is -0.570. The van der Waals surface area contributed by atoms with Gasteiger partial charge < -0.3 is 4.98 Å². The van der Waals surface area contributed by atoms with E-state index in [0.717, 1.165) is 16.8 Å². The average Bonchev–Trinajstić information content (AvgIpc) is 2.17. The Morgan fingerprint density at radius 2 is 2.67 bits per heavy atom. The van der Waals surface area contributed by atoms with Gasteiger partial charge in [0.05, 0.1) is 0 Å². The fourth-order valence-corrected chi connectivity index (χ4v) is 0.906. The second-order valence-corrected chi connectivity index (χ2v) is 2.48. The van der Waals surface area contributed by atoms with E-state index in [2.05, 4.69) is 32.5 Å². The first kappa shape index (κ1) is 6.55. The number of nitrogens with zero attached hydrogens (tertiary/aromatic N) is 1. The fourth-order valence-electron chi connectivity index (χ4n) is 0.578. The molecule has 0 amide bonds. The van der Waals surface area contributed by atoms with Gasteiger partial charge in [-0.05, 0) is 15.9 Å². The van der Waals surface area contributed by atoms with E-state index in [-0.39, 0.29) is 0 Å². The molecule has 1 aromatic heterocycles. The summed E-state index contributed by atoms with van der Waals surface area (Å²) in [5.41, 5.74) is 0. The number of allylic oxidation sites excluding steroid dienone is 1. The zero-order chi connectivity index (χ0) is 6.69. The normalized spacial score (nSPS) is 9.44. The minimum Gasteiger partial charge on any atom is -0.347 e. The number of imidazole rings is 1. The molecule has 1 N–H and O–H groups in total. The Labute approximate surface area is 62.1 Å². The molecule has 9 heavy (non-hydrogen) atoms. The second kappa shape index (κ2) is 2.82. The van der Waals surface area contributed by atoms with Crippen molar-refractivity contribution in [2.75, 3.05) is 0 Å². The molecule has 0 unspecified atom stereocenters. The fraction of sp³-hybridized carbons (Fsp3) is 0.167. The Morgan fingerprint density at radius 3 is 3.11 bits per heavy atom. The van der Waals surface area contributed by atoms with E-state index in [4.69, 9.17) is 0 Å². The molecule has 2 nitrogen and oxygen atoms in total. The first-order valence-corrected chi connectivity index (χ1v) is 3.43. The molecular weight excluding hydrogens is 180 g/mol. The molecule has 1 heterocycles. The van der Waals surface area contributed by atoms with Crippen LogP contribution in [0.1, 0.15) is 5.82 Å². The van der Waals surface area contributed by atoms with Crippen molar-refractivity contribution in [3.63, 3.8) is 0 Å². The SMILES string of the molecule is C=CCc1nc(Br)c[nH]1. The first-order valence-electron chi connectivity index (χ1n) is 2.63. The quantitative estimate of drug-likeness (QED) is 0.703. The van der Waals surface area contributed by atoms with Gasteiger partial charge in [0.1, 0.15) is 10.4 Å². The summed E-state index contributed by atoms with van der Waals surface area (Å²) < 4.78 is 0.847. The number of aromatic nitrogens is 2. The monoisotopic (exact) mass is 186 g/mol. The van der Waals surface area contributed by atoms with Crippen LogP contribution >= 0.6 is 15.9 Å². The highest BCUT2D eigenvalue weighted by molar-refractivity contribution is 9.10. The van der Waals surface area contributed by atoms with E-state index in [0.29, 0.717) is 0 Å². The summed E-state index contributed by atoms with van der Waals surface area (Å²) in [6.45, 7) is 3.59. The number of hydrogen-bond donors (Lipinski definition) is 1. The summed E-state index contributed by atoms with van der Waals surface area (Å²) in [7, 11) is 0. The van der Waals surface area contributed by atoms with Gasteiger partial charge in [-0.15, -0.1) is 6.58 Å². The van der Waals surface area contributed by atoms with Crippen LogP contribution in [0.4, 0.5) is 0 Å². The van der Waals surface area contributed by atoms with Crippen LogP contribution in [0.25, 0.3) is 0 Å². The van der Waals surface area contributed by atoms with E-state index < -0.39 is 0 Å². The topological polar surface area (TPSA) is 28.7 Å². The van der Waals surface area contributed by atoms with Gasteiger partial charge in [0, 0.05) is 12.6 Å². The van der Waals surface area contributed by atoms with Gasteiger partial charge in [-0.25, -0.2) is 4.98 Å². The molecule has 0 aliphatic carbocycles. The minimum absolute atomic E-state index is 0.797. The van der Waals surface area contributed by atoms with Crippen molar-refractivity contribution in [3.05, 3.63) is 29.3 Å². The van der Waals surface area contributed by atoms with Gasteiger partial charge in [-0.3, -0.25) is 0 Å². The van der Waals surface area contributed by atoms with E-state index in [1.807, 2.05) is 6.08 Å². The molecule has 3 heteroatoms. The lowest BCUT2D eigenvalue weighted by Gasteiger charge is -1.82.